The van der Waals surface area contributed by atoms with Crippen LogP contribution in [0.15, 0.2) is 54.6 Å². The van der Waals surface area contributed by atoms with Crippen molar-refractivity contribution >= 4 is 11.8 Å². The molecule has 0 saturated carbocycles. The van der Waals surface area contributed by atoms with Gasteiger partial charge in [0.15, 0.2) is 6.10 Å². The fourth-order valence-electron chi connectivity index (χ4n) is 3.15. The highest BCUT2D eigenvalue weighted by molar-refractivity contribution is 6.01. The van der Waals surface area contributed by atoms with Crippen LogP contribution in [0.25, 0.3) is 5.69 Å². The molecule has 1 aromatic heterocycles. The van der Waals surface area contributed by atoms with Gasteiger partial charge in [0.05, 0.1) is 23.7 Å². The normalized spacial score (nSPS) is 11.7. The molecule has 1 heterocycles. The van der Waals surface area contributed by atoms with Gasteiger partial charge in [-0.2, -0.15) is 5.10 Å². The van der Waals surface area contributed by atoms with E-state index >= 15 is 0 Å². The second-order valence-corrected chi connectivity index (χ2v) is 6.66. The molecule has 1 atom stereocenters. The smallest absolute Gasteiger partial charge is 0.342 e. The number of hydrogen-bond acceptors (Lipinski definition) is 5. The van der Waals surface area contributed by atoms with Gasteiger partial charge in [0, 0.05) is 5.56 Å². The molecule has 6 heteroatoms. The Kier molecular flexibility index (Phi) is 6.12. The van der Waals surface area contributed by atoms with E-state index in [9.17, 15) is 9.59 Å². The van der Waals surface area contributed by atoms with Crippen LogP contribution in [-0.4, -0.2) is 34.2 Å². The molecule has 3 rings (SSSR count). The van der Waals surface area contributed by atoms with Gasteiger partial charge < -0.3 is 9.47 Å². The number of esters is 1. The molecule has 0 saturated heterocycles. The summed E-state index contributed by atoms with van der Waals surface area (Å²) < 4.78 is 12.6. The van der Waals surface area contributed by atoms with Gasteiger partial charge in [0.25, 0.3) is 0 Å². The number of aromatic nitrogens is 2. The van der Waals surface area contributed by atoms with Gasteiger partial charge in [0.2, 0.25) is 5.78 Å². The summed E-state index contributed by atoms with van der Waals surface area (Å²) in [7, 11) is 0. The molecule has 0 spiro atoms. The molecule has 0 aliphatic heterocycles. The Morgan fingerprint density at radius 3 is 2.31 bits per heavy atom. The number of hydrogen-bond donors (Lipinski definition) is 0. The van der Waals surface area contributed by atoms with E-state index in [1.165, 1.54) is 0 Å². The largest absolute Gasteiger partial charge is 0.494 e. The number of ketones is 1. The van der Waals surface area contributed by atoms with Crippen molar-refractivity contribution in [3.63, 3.8) is 0 Å². The molecule has 150 valence electrons. The predicted molar refractivity (Wildman–Crippen MR) is 110 cm³/mol. The Morgan fingerprint density at radius 2 is 1.69 bits per heavy atom. The SMILES string of the molecule is CCOc1ccc(C(=O)[C@H](C)OC(=O)c2c(C)nn(-c3ccccc3)c2C)cc1. The molecule has 2 aromatic carbocycles. The monoisotopic (exact) mass is 392 g/mol. The Labute approximate surface area is 170 Å². The highest BCUT2D eigenvalue weighted by Crippen LogP contribution is 2.20. The van der Waals surface area contributed by atoms with E-state index in [1.807, 2.05) is 44.2 Å². The third-order valence-corrected chi connectivity index (χ3v) is 4.60. The molecule has 0 bridgehead atoms. The zero-order chi connectivity index (χ0) is 21.0. The first kappa shape index (κ1) is 20.3. The number of rotatable bonds is 7. The molecule has 6 nitrogen and oxygen atoms in total. The van der Waals surface area contributed by atoms with E-state index in [0.29, 0.717) is 34.9 Å². The van der Waals surface area contributed by atoms with Gasteiger partial charge in [0.1, 0.15) is 11.3 Å². The first-order valence-electron chi connectivity index (χ1n) is 9.52. The molecule has 0 radical (unpaired) electrons. The van der Waals surface area contributed by atoms with Crippen LogP contribution in [-0.2, 0) is 4.74 Å². The van der Waals surface area contributed by atoms with Crippen molar-refractivity contribution < 1.29 is 19.1 Å². The van der Waals surface area contributed by atoms with Crippen molar-refractivity contribution in [1.82, 2.24) is 9.78 Å². The van der Waals surface area contributed by atoms with Crippen molar-refractivity contribution in [2.24, 2.45) is 0 Å². The molecular formula is C23H24N2O4. The zero-order valence-corrected chi connectivity index (χ0v) is 17.0. The summed E-state index contributed by atoms with van der Waals surface area (Å²) >= 11 is 0. The lowest BCUT2D eigenvalue weighted by Crippen LogP contribution is -2.25. The third-order valence-electron chi connectivity index (χ3n) is 4.60. The van der Waals surface area contributed by atoms with Crippen LogP contribution in [0.3, 0.4) is 0 Å². The predicted octanol–water partition coefficient (Wildman–Crippen LogP) is 4.32. The average Bonchev–Trinajstić information content (AvgIpc) is 3.03. The molecule has 0 N–H and O–H groups in total. The lowest BCUT2D eigenvalue weighted by atomic mass is 10.1. The standard InChI is InChI=1S/C23H24N2O4/c1-5-28-20-13-11-18(12-14-20)22(26)17(4)29-23(27)21-15(2)24-25(16(21)3)19-9-7-6-8-10-19/h6-14,17H,5H2,1-4H3/t17-/m0/s1. The van der Waals surface area contributed by atoms with Gasteiger partial charge in [-0.05, 0) is 64.1 Å². The Balaban J connectivity index is 1.76. The Bertz CT molecular complexity index is 1010. The van der Waals surface area contributed by atoms with Crippen molar-refractivity contribution in [2.75, 3.05) is 6.61 Å². The quantitative estimate of drug-likeness (QED) is 0.442. The number of nitrogens with zero attached hydrogens (tertiary/aromatic N) is 2. The highest BCUT2D eigenvalue weighted by Gasteiger charge is 2.25. The fraction of sp³-hybridized carbons (Fsp3) is 0.261. The maximum Gasteiger partial charge on any atom is 0.342 e. The second kappa shape index (κ2) is 8.73. The lowest BCUT2D eigenvalue weighted by Gasteiger charge is -2.13. The van der Waals surface area contributed by atoms with Gasteiger partial charge in [-0.25, -0.2) is 9.48 Å². The van der Waals surface area contributed by atoms with Crippen LogP contribution >= 0.6 is 0 Å². The average molecular weight is 392 g/mol. The minimum atomic E-state index is -0.917. The zero-order valence-electron chi connectivity index (χ0n) is 17.0. The molecule has 0 aliphatic carbocycles. The number of Topliss-reactive ketones (excluding diaryl/α,β-unsaturated/α-hetero) is 1. The maximum absolute atomic E-state index is 12.8. The summed E-state index contributed by atoms with van der Waals surface area (Å²) in [6.07, 6.45) is -0.917. The molecule has 3 aromatic rings. The first-order chi connectivity index (χ1) is 13.9. The van der Waals surface area contributed by atoms with Gasteiger partial charge in [-0.3, -0.25) is 4.79 Å². The van der Waals surface area contributed by atoms with E-state index < -0.39 is 12.1 Å². The fourth-order valence-corrected chi connectivity index (χ4v) is 3.15. The van der Waals surface area contributed by atoms with Crippen LogP contribution in [0.5, 0.6) is 5.75 Å². The molecular weight excluding hydrogens is 368 g/mol. The van der Waals surface area contributed by atoms with E-state index in [-0.39, 0.29) is 5.78 Å². The molecule has 0 aliphatic rings. The van der Waals surface area contributed by atoms with Crippen LogP contribution < -0.4 is 4.74 Å². The number of aryl methyl sites for hydroxylation is 1. The van der Waals surface area contributed by atoms with Crippen molar-refractivity contribution in [1.29, 1.82) is 0 Å². The van der Waals surface area contributed by atoms with E-state index in [1.54, 1.807) is 42.8 Å². The van der Waals surface area contributed by atoms with E-state index in [2.05, 4.69) is 5.10 Å². The number of para-hydroxylation sites is 1. The lowest BCUT2D eigenvalue weighted by molar-refractivity contribution is 0.0317. The summed E-state index contributed by atoms with van der Waals surface area (Å²) in [5, 5.41) is 4.46. The number of carbonyl (C=O) groups is 2. The molecule has 0 fully saturated rings. The van der Waals surface area contributed by atoms with Crippen LogP contribution in [0.4, 0.5) is 0 Å². The summed E-state index contributed by atoms with van der Waals surface area (Å²) in [6, 6.07) is 16.3. The van der Waals surface area contributed by atoms with Crippen molar-refractivity contribution in [2.45, 2.75) is 33.8 Å². The second-order valence-electron chi connectivity index (χ2n) is 6.66. The third kappa shape index (κ3) is 4.37. The van der Waals surface area contributed by atoms with Crippen LogP contribution in [0, 0.1) is 13.8 Å². The summed E-state index contributed by atoms with van der Waals surface area (Å²) in [5.74, 6) is -0.144. The first-order valence-corrected chi connectivity index (χ1v) is 9.52. The van der Waals surface area contributed by atoms with Crippen LogP contribution in [0.2, 0.25) is 0 Å². The Morgan fingerprint density at radius 1 is 1.03 bits per heavy atom. The van der Waals surface area contributed by atoms with Gasteiger partial charge >= 0.3 is 5.97 Å². The topological polar surface area (TPSA) is 70.4 Å². The van der Waals surface area contributed by atoms with Crippen molar-refractivity contribution in [3.05, 3.63) is 77.1 Å². The minimum Gasteiger partial charge on any atom is -0.494 e. The summed E-state index contributed by atoms with van der Waals surface area (Å²) in [4.78, 5) is 25.4. The summed E-state index contributed by atoms with van der Waals surface area (Å²) in [5.41, 5.74) is 2.91. The van der Waals surface area contributed by atoms with Crippen LogP contribution in [0.1, 0.15) is 46.0 Å². The van der Waals surface area contributed by atoms with Gasteiger partial charge in [-0.15, -0.1) is 0 Å². The molecule has 0 amide bonds. The highest BCUT2D eigenvalue weighted by atomic mass is 16.5. The maximum atomic E-state index is 12.8. The number of ether oxygens (including phenoxy) is 2. The minimum absolute atomic E-state index is 0.271. The molecule has 29 heavy (non-hydrogen) atoms. The van der Waals surface area contributed by atoms with E-state index in [0.717, 1.165) is 5.69 Å². The van der Waals surface area contributed by atoms with Crippen molar-refractivity contribution in [3.8, 4) is 11.4 Å². The number of benzene rings is 2. The van der Waals surface area contributed by atoms with Gasteiger partial charge in [-0.1, -0.05) is 18.2 Å². The summed E-state index contributed by atoms with van der Waals surface area (Å²) in [6.45, 7) is 7.58. The van der Waals surface area contributed by atoms with E-state index in [4.69, 9.17) is 9.47 Å². The number of carbonyl (C=O) groups excluding carboxylic acids is 2. The Hall–Kier alpha value is -3.41. The molecule has 0 unspecified atom stereocenters.